The Morgan fingerprint density at radius 2 is 1.67 bits per heavy atom. The van der Waals surface area contributed by atoms with E-state index in [-0.39, 0.29) is 0 Å². The normalized spacial score (nSPS) is 10.5. The number of halogens is 3. The fraction of sp³-hybridized carbons (Fsp3) is 0.143. The van der Waals surface area contributed by atoms with Crippen molar-refractivity contribution < 1.29 is 9.47 Å². The number of ether oxygens (including phenoxy) is 2. The van der Waals surface area contributed by atoms with Crippen LogP contribution < -0.4 is 14.8 Å². The average Bonchev–Trinajstić information content (AvgIpc) is 2.68. The van der Waals surface area contributed by atoms with E-state index in [1.165, 1.54) is 0 Å². The van der Waals surface area contributed by atoms with E-state index in [1.54, 1.807) is 31.4 Å². The maximum Gasteiger partial charge on any atom is 0.166 e. The molecule has 1 N–H and O–H groups in total. The summed E-state index contributed by atoms with van der Waals surface area (Å²) in [5, 5.41) is 5.03. The number of hydrogen-bond donors (Lipinski definition) is 1. The molecule has 0 radical (unpaired) electrons. The maximum absolute atomic E-state index is 6.25. The molecular formula is C21H18Cl3NO2. The highest BCUT2D eigenvalue weighted by Crippen LogP contribution is 2.36. The fourth-order valence-electron chi connectivity index (χ4n) is 2.62. The highest BCUT2D eigenvalue weighted by molar-refractivity contribution is 6.35. The van der Waals surface area contributed by atoms with Crippen LogP contribution in [0.1, 0.15) is 11.1 Å². The molecule has 0 aliphatic carbocycles. The molecule has 0 saturated carbocycles. The zero-order chi connectivity index (χ0) is 19.2. The summed E-state index contributed by atoms with van der Waals surface area (Å²) in [6.07, 6.45) is 0. The lowest BCUT2D eigenvalue weighted by Gasteiger charge is -2.17. The van der Waals surface area contributed by atoms with Gasteiger partial charge in [0.1, 0.15) is 6.61 Å². The van der Waals surface area contributed by atoms with Gasteiger partial charge in [-0.05, 0) is 29.8 Å². The highest BCUT2D eigenvalue weighted by atomic mass is 35.5. The smallest absolute Gasteiger partial charge is 0.166 e. The second-order valence-electron chi connectivity index (χ2n) is 5.85. The van der Waals surface area contributed by atoms with Gasteiger partial charge in [-0.2, -0.15) is 0 Å². The van der Waals surface area contributed by atoms with Gasteiger partial charge in [0, 0.05) is 28.2 Å². The lowest BCUT2D eigenvalue weighted by molar-refractivity contribution is 0.281. The molecule has 0 aromatic heterocycles. The van der Waals surface area contributed by atoms with Crippen LogP contribution in [-0.2, 0) is 13.2 Å². The van der Waals surface area contributed by atoms with E-state index in [9.17, 15) is 0 Å². The second-order valence-corrected chi connectivity index (χ2v) is 7.13. The van der Waals surface area contributed by atoms with Crippen molar-refractivity contribution in [1.82, 2.24) is 0 Å². The second kappa shape index (κ2) is 9.23. The Morgan fingerprint density at radius 3 is 2.41 bits per heavy atom. The first kappa shape index (κ1) is 19.7. The zero-order valence-electron chi connectivity index (χ0n) is 14.6. The van der Waals surface area contributed by atoms with Crippen LogP contribution in [-0.4, -0.2) is 7.11 Å². The molecule has 0 amide bonds. The van der Waals surface area contributed by atoms with E-state index in [4.69, 9.17) is 44.3 Å². The van der Waals surface area contributed by atoms with Gasteiger partial charge >= 0.3 is 0 Å². The standard InChI is InChI=1S/C21H18Cl3NO2/c1-26-20-11-17(23)9-15(12-25-19-10-16(22)7-8-18(19)24)21(20)27-13-14-5-3-2-4-6-14/h2-11,25H,12-13H2,1H3. The zero-order valence-corrected chi connectivity index (χ0v) is 16.9. The topological polar surface area (TPSA) is 30.5 Å². The van der Waals surface area contributed by atoms with Gasteiger partial charge in [0.05, 0.1) is 17.8 Å². The predicted molar refractivity (Wildman–Crippen MR) is 113 cm³/mol. The number of methoxy groups -OCH3 is 1. The van der Waals surface area contributed by atoms with Gasteiger partial charge in [0.15, 0.2) is 11.5 Å². The maximum atomic E-state index is 6.25. The van der Waals surface area contributed by atoms with E-state index < -0.39 is 0 Å². The van der Waals surface area contributed by atoms with Crippen molar-refractivity contribution in [2.45, 2.75) is 13.2 Å². The summed E-state index contributed by atoms with van der Waals surface area (Å²) in [4.78, 5) is 0. The van der Waals surface area contributed by atoms with Gasteiger partial charge < -0.3 is 14.8 Å². The summed E-state index contributed by atoms with van der Waals surface area (Å²) < 4.78 is 11.5. The van der Waals surface area contributed by atoms with Crippen molar-refractivity contribution in [2.75, 3.05) is 12.4 Å². The number of anilines is 1. The fourth-order valence-corrected chi connectivity index (χ4v) is 3.21. The Kier molecular flexibility index (Phi) is 6.73. The minimum Gasteiger partial charge on any atom is -0.493 e. The minimum atomic E-state index is 0.420. The van der Waals surface area contributed by atoms with Gasteiger partial charge in [0.2, 0.25) is 0 Å². The summed E-state index contributed by atoms with van der Waals surface area (Å²) in [6.45, 7) is 0.866. The molecule has 6 heteroatoms. The molecule has 140 valence electrons. The number of hydrogen-bond acceptors (Lipinski definition) is 3. The third kappa shape index (κ3) is 5.23. The van der Waals surface area contributed by atoms with E-state index in [1.807, 2.05) is 36.4 Å². The molecule has 3 aromatic rings. The molecule has 0 atom stereocenters. The molecule has 0 fully saturated rings. The quantitative estimate of drug-likeness (QED) is 0.452. The first-order valence-electron chi connectivity index (χ1n) is 8.29. The lowest BCUT2D eigenvalue weighted by Crippen LogP contribution is -2.06. The van der Waals surface area contributed by atoms with Crippen LogP contribution in [0.4, 0.5) is 5.69 Å². The lowest BCUT2D eigenvalue weighted by atomic mass is 10.1. The third-order valence-electron chi connectivity index (χ3n) is 3.94. The van der Waals surface area contributed by atoms with Crippen molar-refractivity contribution in [3.63, 3.8) is 0 Å². The Hall–Kier alpha value is -2.07. The van der Waals surface area contributed by atoms with Crippen molar-refractivity contribution in [2.24, 2.45) is 0 Å². The summed E-state index contributed by atoms with van der Waals surface area (Å²) in [6, 6.07) is 18.8. The first-order chi connectivity index (χ1) is 13.1. The number of rotatable bonds is 7. The van der Waals surface area contributed by atoms with Crippen molar-refractivity contribution in [3.8, 4) is 11.5 Å². The molecule has 3 nitrogen and oxygen atoms in total. The van der Waals surface area contributed by atoms with Crippen LogP contribution in [0.25, 0.3) is 0 Å². The van der Waals surface area contributed by atoms with E-state index in [0.29, 0.717) is 39.7 Å². The van der Waals surface area contributed by atoms with Gasteiger partial charge in [-0.25, -0.2) is 0 Å². The van der Waals surface area contributed by atoms with Gasteiger partial charge in [-0.1, -0.05) is 65.1 Å². The SMILES string of the molecule is COc1cc(Cl)cc(CNc2cc(Cl)ccc2Cl)c1OCc1ccccc1. The van der Waals surface area contributed by atoms with E-state index >= 15 is 0 Å². The molecule has 0 saturated heterocycles. The summed E-state index contributed by atoms with van der Waals surface area (Å²) in [7, 11) is 1.59. The van der Waals surface area contributed by atoms with E-state index in [0.717, 1.165) is 16.8 Å². The molecule has 0 unspecified atom stereocenters. The molecule has 0 aliphatic rings. The Balaban J connectivity index is 1.84. The Morgan fingerprint density at radius 1 is 0.889 bits per heavy atom. The molecule has 3 rings (SSSR count). The van der Waals surface area contributed by atoms with Crippen molar-refractivity contribution in [3.05, 3.63) is 86.9 Å². The summed E-state index contributed by atoms with van der Waals surface area (Å²) >= 11 is 18.5. The number of benzene rings is 3. The van der Waals surface area contributed by atoms with Gasteiger partial charge in [-0.15, -0.1) is 0 Å². The van der Waals surface area contributed by atoms with Gasteiger partial charge in [-0.3, -0.25) is 0 Å². The average molecular weight is 423 g/mol. The summed E-state index contributed by atoms with van der Waals surface area (Å²) in [5.74, 6) is 1.21. The van der Waals surface area contributed by atoms with Gasteiger partial charge in [0.25, 0.3) is 0 Å². The van der Waals surface area contributed by atoms with Crippen LogP contribution in [0.3, 0.4) is 0 Å². The van der Waals surface area contributed by atoms with Crippen LogP contribution in [0.5, 0.6) is 11.5 Å². The molecule has 0 aliphatic heterocycles. The molecule has 3 aromatic carbocycles. The minimum absolute atomic E-state index is 0.420. The Labute approximate surface area is 173 Å². The molecule has 27 heavy (non-hydrogen) atoms. The predicted octanol–water partition coefficient (Wildman–Crippen LogP) is 6.85. The van der Waals surface area contributed by atoms with Crippen LogP contribution >= 0.6 is 34.8 Å². The van der Waals surface area contributed by atoms with Crippen molar-refractivity contribution in [1.29, 1.82) is 0 Å². The van der Waals surface area contributed by atoms with E-state index in [2.05, 4.69) is 5.32 Å². The monoisotopic (exact) mass is 421 g/mol. The third-order valence-corrected chi connectivity index (χ3v) is 4.72. The van der Waals surface area contributed by atoms with Crippen LogP contribution in [0.2, 0.25) is 15.1 Å². The Bertz CT molecular complexity index is 917. The molecule has 0 bridgehead atoms. The first-order valence-corrected chi connectivity index (χ1v) is 9.42. The highest BCUT2D eigenvalue weighted by Gasteiger charge is 2.14. The molecule has 0 heterocycles. The summed E-state index contributed by atoms with van der Waals surface area (Å²) in [5.41, 5.74) is 2.65. The molecule has 0 spiro atoms. The van der Waals surface area contributed by atoms with Crippen LogP contribution in [0, 0.1) is 0 Å². The van der Waals surface area contributed by atoms with Crippen LogP contribution in [0.15, 0.2) is 60.7 Å². The molecular weight excluding hydrogens is 405 g/mol. The largest absolute Gasteiger partial charge is 0.493 e. The van der Waals surface area contributed by atoms with Crippen molar-refractivity contribution >= 4 is 40.5 Å². The number of nitrogens with one attached hydrogen (secondary N) is 1.